The van der Waals surface area contributed by atoms with Gasteiger partial charge in [-0.1, -0.05) is 56.5 Å². The molecule has 1 atom stereocenters. The number of benzene rings is 1. The van der Waals surface area contributed by atoms with Gasteiger partial charge < -0.3 is 18.9 Å². The van der Waals surface area contributed by atoms with Crippen molar-refractivity contribution in [3.63, 3.8) is 0 Å². The van der Waals surface area contributed by atoms with Gasteiger partial charge in [-0.05, 0) is 25.3 Å². The average Bonchev–Trinajstić information content (AvgIpc) is 2.68. The van der Waals surface area contributed by atoms with Crippen LogP contribution in [-0.2, 0) is 35.0 Å². The number of methoxy groups -OCH3 is 2. The van der Waals surface area contributed by atoms with Crippen LogP contribution in [0.4, 0.5) is 0 Å². The molecule has 0 heterocycles. The summed E-state index contributed by atoms with van der Waals surface area (Å²) in [5.74, 6) is -2.85. The van der Waals surface area contributed by atoms with Gasteiger partial charge in [-0.3, -0.25) is 9.59 Å². The van der Waals surface area contributed by atoms with Crippen molar-refractivity contribution in [2.45, 2.75) is 58.8 Å². The average molecular weight is 380 g/mol. The lowest BCUT2D eigenvalue weighted by molar-refractivity contribution is -0.336. The van der Waals surface area contributed by atoms with Crippen molar-refractivity contribution in [2.75, 3.05) is 20.8 Å². The van der Waals surface area contributed by atoms with E-state index in [-0.39, 0.29) is 13.0 Å². The van der Waals surface area contributed by atoms with Gasteiger partial charge in [0.15, 0.2) is 5.41 Å². The Hall–Kier alpha value is -1.92. The van der Waals surface area contributed by atoms with Gasteiger partial charge in [0.2, 0.25) is 0 Å². The molecule has 0 saturated carbocycles. The summed E-state index contributed by atoms with van der Waals surface area (Å²) in [6.07, 6.45) is 3.09. The van der Waals surface area contributed by atoms with Crippen molar-refractivity contribution in [1.82, 2.24) is 0 Å². The van der Waals surface area contributed by atoms with E-state index >= 15 is 0 Å². The highest BCUT2D eigenvalue weighted by Gasteiger charge is 2.50. The highest BCUT2D eigenvalue weighted by Crippen LogP contribution is 2.35. The Bertz CT molecular complexity index is 582. The Morgan fingerprint density at radius 2 is 1.59 bits per heavy atom. The Morgan fingerprint density at radius 1 is 0.963 bits per heavy atom. The summed E-state index contributed by atoms with van der Waals surface area (Å²) >= 11 is 0. The first-order chi connectivity index (χ1) is 12.9. The van der Waals surface area contributed by atoms with E-state index in [0.717, 1.165) is 18.4 Å². The predicted octanol–water partition coefficient (Wildman–Crippen LogP) is 3.87. The highest BCUT2D eigenvalue weighted by atomic mass is 16.9. The van der Waals surface area contributed by atoms with Crippen molar-refractivity contribution >= 4 is 11.9 Å². The Balaban J connectivity index is 3.29. The molecular formula is C21H32O6. The van der Waals surface area contributed by atoms with Crippen LogP contribution in [0.25, 0.3) is 0 Å². The van der Waals surface area contributed by atoms with Crippen LogP contribution in [0.3, 0.4) is 0 Å². The van der Waals surface area contributed by atoms with Crippen LogP contribution >= 0.6 is 0 Å². The fraction of sp³-hybridized carbons (Fsp3) is 0.619. The number of esters is 2. The highest BCUT2D eigenvalue weighted by molar-refractivity contribution is 6.00. The van der Waals surface area contributed by atoms with Crippen LogP contribution in [0.5, 0.6) is 0 Å². The number of carbonyl (C=O) groups excluding carboxylic acids is 2. The maximum Gasteiger partial charge on any atom is 0.328 e. The minimum atomic E-state index is -1.57. The maximum atomic E-state index is 13.2. The summed E-state index contributed by atoms with van der Waals surface area (Å²) in [5.41, 5.74) is -0.597. The summed E-state index contributed by atoms with van der Waals surface area (Å²) in [6, 6.07) is 9.39. The third-order valence-electron chi connectivity index (χ3n) is 4.63. The first-order valence-corrected chi connectivity index (χ1v) is 9.42. The first kappa shape index (κ1) is 23.1. The summed E-state index contributed by atoms with van der Waals surface area (Å²) in [7, 11) is 2.74. The largest absolute Gasteiger partial charge is 0.465 e. The monoisotopic (exact) mass is 380 g/mol. The number of hydrogen-bond donors (Lipinski definition) is 0. The number of unbranched alkanes of at least 4 members (excludes halogenated alkanes) is 2. The van der Waals surface area contributed by atoms with Crippen LogP contribution in [0.1, 0.15) is 52.0 Å². The fourth-order valence-electron chi connectivity index (χ4n) is 2.84. The summed E-state index contributed by atoms with van der Waals surface area (Å²) in [6.45, 7) is 5.45. The van der Waals surface area contributed by atoms with Crippen molar-refractivity contribution < 1.29 is 28.5 Å². The summed E-state index contributed by atoms with van der Waals surface area (Å²) in [5, 5.41) is 0. The molecule has 0 spiro atoms. The fourth-order valence-corrected chi connectivity index (χ4v) is 2.84. The molecule has 6 nitrogen and oxygen atoms in total. The zero-order valence-electron chi connectivity index (χ0n) is 17.1. The van der Waals surface area contributed by atoms with E-state index in [2.05, 4.69) is 6.92 Å². The first-order valence-electron chi connectivity index (χ1n) is 9.42. The number of hydrogen-bond acceptors (Lipinski definition) is 6. The van der Waals surface area contributed by atoms with Crippen LogP contribution in [0.2, 0.25) is 0 Å². The van der Waals surface area contributed by atoms with Crippen LogP contribution in [0, 0.1) is 5.41 Å². The molecule has 0 aliphatic carbocycles. The van der Waals surface area contributed by atoms with Gasteiger partial charge in [-0.15, -0.1) is 0 Å². The quantitative estimate of drug-likeness (QED) is 0.237. The molecule has 0 amide bonds. The van der Waals surface area contributed by atoms with Gasteiger partial charge in [0.25, 0.3) is 0 Å². The van der Waals surface area contributed by atoms with Crippen LogP contribution in [-0.4, -0.2) is 38.7 Å². The van der Waals surface area contributed by atoms with E-state index < -0.39 is 23.3 Å². The molecule has 6 heteroatoms. The van der Waals surface area contributed by atoms with Crippen LogP contribution in [0.15, 0.2) is 30.3 Å². The molecule has 1 aromatic carbocycles. The summed E-state index contributed by atoms with van der Waals surface area (Å²) < 4.78 is 21.1. The lowest BCUT2D eigenvalue weighted by Gasteiger charge is -2.34. The molecule has 1 rings (SSSR count). The van der Waals surface area contributed by atoms with Crippen molar-refractivity contribution in [3.05, 3.63) is 35.9 Å². The molecule has 152 valence electrons. The Kier molecular flexibility index (Phi) is 9.46. The molecule has 0 aliphatic rings. The molecule has 0 fully saturated rings. The number of ether oxygens (including phenoxy) is 4. The molecule has 0 bridgehead atoms. The van der Waals surface area contributed by atoms with E-state index in [1.54, 1.807) is 6.92 Å². The van der Waals surface area contributed by atoms with Crippen LogP contribution < -0.4 is 0 Å². The molecule has 1 unspecified atom stereocenters. The SMILES string of the molecule is CCCCCC(Cc1ccccc1)(C(=O)OCC)C(=O)OC(C)(OC)OC. The van der Waals surface area contributed by atoms with Gasteiger partial charge in [-0.25, -0.2) is 0 Å². The van der Waals surface area contributed by atoms with Gasteiger partial charge >= 0.3 is 17.9 Å². The van der Waals surface area contributed by atoms with Gasteiger partial charge in [0, 0.05) is 21.1 Å². The van der Waals surface area contributed by atoms with Gasteiger partial charge in [-0.2, -0.15) is 0 Å². The van der Waals surface area contributed by atoms with E-state index in [1.807, 2.05) is 30.3 Å². The van der Waals surface area contributed by atoms with Crippen molar-refractivity contribution in [3.8, 4) is 0 Å². The van der Waals surface area contributed by atoms with Gasteiger partial charge in [0.05, 0.1) is 6.61 Å². The zero-order chi connectivity index (χ0) is 20.3. The molecule has 0 N–H and O–H groups in total. The Morgan fingerprint density at radius 3 is 2.11 bits per heavy atom. The molecule has 0 radical (unpaired) electrons. The minimum absolute atomic E-state index is 0.183. The van der Waals surface area contributed by atoms with E-state index in [9.17, 15) is 9.59 Å². The molecule has 0 aromatic heterocycles. The third kappa shape index (κ3) is 6.33. The number of carbonyl (C=O) groups is 2. The number of rotatable bonds is 12. The van der Waals surface area contributed by atoms with E-state index in [0.29, 0.717) is 12.8 Å². The predicted molar refractivity (Wildman–Crippen MR) is 102 cm³/mol. The molecule has 0 aliphatic heterocycles. The Labute approximate surface area is 162 Å². The third-order valence-corrected chi connectivity index (χ3v) is 4.63. The van der Waals surface area contributed by atoms with Crippen molar-refractivity contribution in [2.24, 2.45) is 5.41 Å². The van der Waals surface area contributed by atoms with E-state index in [4.69, 9.17) is 18.9 Å². The molecule has 0 saturated heterocycles. The van der Waals surface area contributed by atoms with Crippen molar-refractivity contribution in [1.29, 1.82) is 0 Å². The normalized spacial score (nSPS) is 13.7. The van der Waals surface area contributed by atoms with E-state index in [1.165, 1.54) is 21.1 Å². The molecule has 1 aromatic rings. The second-order valence-electron chi connectivity index (χ2n) is 6.58. The van der Waals surface area contributed by atoms with Gasteiger partial charge in [0.1, 0.15) is 0 Å². The zero-order valence-corrected chi connectivity index (χ0v) is 17.1. The maximum absolute atomic E-state index is 13.2. The standard InChI is InChI=1S/C21H32O6/c1-6-8-12-15-21(18(22)26-7-2,16-17-13-10-9-11-14-17)19(23)27-20(3,24-4)25-5/h9-11,13-14H,6-8,12,15-16H2,1-5H3. The minimum Gasteiger partial charge on any atom is -0.465 e. The lowest BCUT2D eigenvalue weighted by atomic mass is 9.77. The lowest BCUT2D eigenvalue weighted by Crippen LogP contribution is -2.48. The second kappa shape index (κ2) is 11.0. The molecule has 27 heavy (non-hydrogen) atoms. The smallest absolute Gasteiger partial charge is 0.328 e. The topological polar surface area (TPSA) is 71.1 Å². The summed E-state index contributed by atoms with van der Waals surface area (Å²) in [4.78, 5) is 26.2. The molecular weight excluding hydrogens is 348 g/mol. The second-order valence-corrected chi connectivity index (χ2v) is 6.58.